The molecule has 1 aromatic rings. The number of nitrogens with one attached hydrogen (secondary N) is 1. The van der Waals surface area contributed by atoms with Crippen LogP contribution in [0.5, 0.6) is 0 Å². The molecule has 0 aromatic heterocycles. The predicted molar refractivity (Wildman–Crippen MR) is 88.1 cm³/mol. The second-order valence-corrected chi connectivity index (χ2v) is 5.79. The molecule has 0 bridgehead atoms. The van der Waals surface area contributed by atoms with Gasteiger partial charge in [-0.05, 0) is 61.1 Å². The Kier molecular flexibility index (Phi) is 7.38. The Balaban J connectivity index is 2.36. The molecule has 1 N–H and O–H groups in total. The Morgan fingerprint density at radius 2 is 1.84 bits per heavy atom. The zero-order chi connectivity index (χ0) is 14.3. The normalized spacial score (nSPS) is 12.2. The lowest BCUT2D eigenvalue weighted by molar-refractivity contribution is -0.130. The SMILES string of the molecule is CCN(CC)C(=O)CCNC(C)c1ccc(I)cc1. The van der Waals surface area contributed by atoms with Crippen LogP contribution >= 0.6 is 22.6 Å². The summed E-state index contributed by atoms with van der Waals surface area (Å²) in [4.78, 5) is 13.7. The second kappa shape index (κ2) is 8.53. The van der Waals surface area contributed by atoms with Gasteiger partial charge < -0.3 is 10.2 Å². The van der Waals surface area contributed by atoms with Crippen molar-refractivity contribution in [3.8, 4) is 0 Å². The molecule has 0 aliphatic rings. The van der Waals surface area contributed by atoms with Gasteiger partial charge in [0.25, 0.3) is 0 Å². The molecule has 1 atom stereocenters. The van der Waals surface area contributed by atoms with Gasteiger partial charge in [-0.25, -0.2) is 0 Å². The Bertz CT molecular complexity index is 388. The highest BCUT2D eigenvalue weighted by Gasteiger charge is 2.10. The van der Waals surface area contributed by atoms with Gasteiger partial charge in [-0.2, -0.15) is 0 Å². The van der Waals surface area contributed by atoms with E-state index in [0.29, 0.717) is 6.42 Å². The molecule has 0 aliphatic carbocycles. The molecule has 1 unspecified atom stereocenters. The van der Waals surface area contributed by atoms with E-state index < -0.39 is 0 Å². The van der Waals surface area contributed by atoms with Gasteiger partial charge >= 0.3 is 0 Å². The largest absolute Gasteiger partial charge is 0.343 e. The molecular formula is C15H23IN2O. The number of carbonyl (C=O) groups is 1. The summed E-state index contributed by atoms with van der Waals surface area (Å²) >= 11 is 2.30. The van der Waals surface area contributed by atoms with Crippen LogP contribution in [0.25, 0.3) is 0 Å². The minimum Gasteiger partial charge on any atom is -0.343 e. The van der Waals surface area contributed by atoms with Crippen LogP contribution < -0.4 is 5.32 Å². The topological polar surface area (TPSA) is 32.3 Å². The Labute approximate surface area is 129 Å². The first-order valence-electron chi connectivity index (χ1n) is 6.85. The summed E-state index contributed by atoms with van der Waals surface area (Å²) in [6.45, 7) is 8.47. The summed E-state index contributed by atoms with van der Waals surface area (Å²) < 4.78 is 1.24. The van der Waals surface area contributed by atoms with E-state index in [1.54, 1.807) is 0 Å². The minimum absolute atomic E-state index is 0.229. The zero-order valence-corrected chi connectivity index (χ0v) is 14.1. The van der Waals surface area contributed by atoms with Crippen LogP contribution in [0.1, 0.15) is 38.8 Å². The molecule has 1 rings (SSSR count). The molecule has 0 saturated carbocycles. The van der Waals surface area contributed by atoms with Crippen LogP contribution in [-0.2, 0) is 4.79 Å². The highest BCUT2D eigenvalue weighted by atomic mass is 127. The van der Waals surface area contributed by atoms with E-state index in [2.05, 4.69) is 59.1 Å². The van der Waals surface area contributed by atoms with Crippen LogP contribution in [0.15, 0.2) is 24.3 Å². The molecule has 0 aliphatic heterocycles. The molecule has 106 valence electrons. The highest BCUT2D eigenvalue weighted by molar-refractivity contribution is 14.1. The predicted octanol–water partition coefficient (Wildman–Crippen LogP) is 3.20. The first-order chi connectivity index (χ1) is 9.08. The Hall–Kier alpha value is -0.620. The number of halogens is 1. The second-order valence-electron chi connectivity index (χ2n) is 4.54. The zero-order valence-electron chi connectivity index (χ0n) is 11.9. The Morgan fingerprint density at radius 1 is 1.26 bits per heavy atom. The van der Waals surface area contributed by atoms with Gasteiger partial charge in [-0.3, -0.25) is 4.79 Å². The summed E-state index contributed by atoms with van der Waals surface area (Å²) in [5.41, 5.74) is 1.26. The maximum Gasteiger partial charge on any atom is 0.223 e. The maximum atomic E-state index is 11.9. The molecular weight excluding hydrogens is 351 g/mol. The number of carbonyl (C=O) groups excluding carboxylic acids is 1. The third-order valence-electron chi connectivity index (χ3n) is 3.28. The third kappa shape index (κ3) is 5.48. The van der Waals surface area contributed by atoms with Crippen LogP contribution in [0.4, 0.5) is 0 Å². The fraction of sp³-hybridized carbons (Fsp3) is 0.533. The van der Waals surface area contributed by atoms with Crippen LogP contribution in [-0.4, -0.2) is 30.4 Å². The van der Waals surface area contributed by atoms with Gasteiger partial charge in [0.2, 0.25) is 5.91 Å². The van der Waals surface area contributed by atoms with Gasteiger partial charge in [-0.1, -0.05) is 12.1 Å². The van der Waals surface area contributed by atoms with Crippen molar-refractivity contribution in [1.82, 2.24) is 10.2 Å². The van der Waals surface area contributed by atoms with Crippen molar-refractivity contribution in [2.45, 2.75) is 33.2 Å². The number of amides is 1. The summed E-state index contributed by atoms with van der Waals surface area (Å²) in [5, 5.41) is 3.40. The molecule has 0 radical (unpaired) electrons. The van der Waals surface area contributed by atoms with E-state index in [4.69, 9.17) is 0 Å². The minimum atomic E-state index is 0.229. The van der Waals surface area contributed by atoms with Crippen LogP contribution in [0.3, 0.4) is 0 Å². The van der Waals surface area contributed by atoms with Gasteiger partial charge in [0.1, 0.15) is 0 Å². The van der Waals surface area contributed by atoms with E-state index in [0.717, 1.165) is 19.6 Å². The van der Waals surface area contributed by atoms with Crippen LogP contribution in [0, 0.1) is 3.57 Å². The lowest BCUT2D eigenvalue weighted by Gasteiger charge is -2.20. The quantitative estimate of drug-likeness (QED) is 0.744. The highest BCUT2D eigenvalue weighted by Crippen LogP contribution is 2.14. The van der Waals surface area contributed by atoms with Gasteiger partial charge in [0.05, 0.1) is 0 Å². The van der Waals surface area contributed by atoms with E-state index in [1.165, 1.54) is 9.13 Å². The molecule has 0 fully saturated rings. The first kappa shape index (κ1) is 16.4. The number of hydrogen-bond donors (Lipinski definition) is 1. The molecule has 0 heterocycles. The lowest BCUT2D eigenvalue weighted by atomic mass is 10.1. The summed E-state index contributed by atoms with van der Waals surface area (Å²) in [5.74, 6) is 0.229. The standard InChI is InChI=1S/C15H23IN2O/c1-4-18(5-2)15(19)10-11-17-12(3)13-6-8-14(16)9-7-13/h6-9,12,17H,4-5,10-11H2,1-3H3. The smallest absolute Gasteiger partial charge is 0.223 e. The number of rotatable bonds is 7. The Morgan fingerprint density at radius 3 is 2.37 bits per heavy atom. The number of nitrogens with zero attached hydrogens (tertiary/aromatic N) is 1. The van der Waals surface area contributed by atoms with Gasteiger partial charge in [0.15, 0.2) is 0 Å². The van der Waals surface area contributed by atoms with Crippen molar-refractivity contribution in [3.05, 3.63) is 33.4 Å². The summed E-state index contributed by atoms with van der Waals surface area (Å²) in [6.07, 6.45) is 0.566. The average molecular weight is 374 g/mol. The lowest BCUT2D eigenvalue weighted by Crippen LogP contribution is -2.33. The fourth-order valence-electron chi connectivity index (χ4n) is 2.00. The third-order valence-corrected chi connectivity index (χ3v) is 3.99. The van der Waals surface area contributed by atoms with Crippen LogP contribution in [0.2, 0.25) is 0 Å². The number of benzene rings is 1. The van der Waals surface area contributed by atoms with Crippen molar-refractivity contribution in [2.75, 3.05) is 19.6 Å². The molecule has 19 heavy (non-hydrogen) atoms. The molecule has 0 saturated heterocycles. The van der Waals surface area contributed by atoms with Crippen molar-refractivity contribution in [2.24, 2.45) is 0 Å². The first-order valence-corrected chi connectivity index (χ1v) is 7.93. The summed E-state index contributed by atoms with van der Waals surface area (Å²) in [7, 11) is 0. The van der Waals surface area contributed by atoms with E-state index >= 15 is 0 Å². The summed E-state index contributed by atoms with van der Waals surface area (Å²) in [6, 6.07) is 8.75. The fourth-order valence-corrected chi connectivity index (χ4v) is 2.36. The monoisotopic (exact) mass is 374 g/mol. The molecule has 3 nitrogen and oxygen atoms in total. The van der Waals surface area contributed by atoms with Gasteiger partial charge in [-0.15, -0.1) is 0 Å². The van der Waals surface area contributed by atoms with E-state index in [9.17, 15) is 4.79 Å². The molecule has 0 spiro atoms. The maximum absolute atomic E-state index is 11.9. The van der Waals surface area contributed by atoms with Gasteiger partial charge in [0, 0.05) is 35.7 Å². The van der Waals surface area contributed by atoms with E-state index in [-0.39, 0.29) is 11.9 Å². The molecule has 1 aromatic carbocycles. The molecule has 1 amide bonds. The number of hydrogen-bond acceptors (Lipinski definition) is 2. The van der Waals surface area contributed by atoms with Crippen molar-refractivity contribution >= 4 is 28.5 Å². The average Bonchev–Trinajstić information content (AvgIpc) is 2.40. The van der Waals surface area contributed by atoms with Crippen molar-refractivity contribution < 1.29 is 4.79 Å². The van der Waals surface area contributed by atoms with Crippen molar-refractivity contribution in [1.29, 1.82) is 0 Å². The van der Waals surface area contributed by atoms with Crippen molar-refractivity contribution in [3.63, 3.8) is 0 Å². The molecule has 4 heteroatoms. The van der Waals surface area contributed by atoms with E-state index in [1.807, 2.05) is 18.7 Å².